The molecule has 5 nitrogen and oxygen atoms in total. The van der Waals surface area contributed by atoms with Gasteiger partial charge in [0, 0.05) is 11.8 Å². The molecule has 1 aromatic heterocycles. The van der Waals surface area contributed by atoms with Gasteiger partial charge in [-0.1, -0.05) is 12.1 Å². The van der Waals surface area contributed by atoms with Crippen molar-refractivity contribution < 1.29 is 0 Å². The Labute approximate surface area is 117 Å². The number of hydrogen-bond donors (Lipinski definition) is 2. The summed E-state index contributed by atoms with van der Waals surface area (Å²) in [5.41, 5.74) is 7.57. The molecule has 0 amide bonds. The van der Waals surface area contributed by atoms with Crippen LogP contribution in [0.3, 0.4) is 0 Å². The zero-order valence-electron chi connectivity index (χ0n) is 12.1. The molecule has 0 saturated heterocycles. The quantitative estimate of drug-likeness (QED) is 0.665. The molecule has 0 unspecified atom stereocenters. The molecule has 0 aliphatic carbocycles. The van der Waals surface area contributed by atoms with Crippen molar-refractivity contribution in [2.24, 2.45) is 5.10 Å². The Kier molecular flexibility index (Phi) is 3.98. The number of aromatic amines is 1. The van der Waals surface area contributed by atoms with Gasteiger partial charge in [-0.2, -0.15) is 5.10 Å². The fraction of sp³-hybridized carbons (Fsp3) is 0.267. The van der Waals surface area contributed by atoms with E-state index in [-0.39, 0.29) is 5.56 Å². The molecule has 5 heteroatoms. The van der Waals surface area contributed by atoms with Gasteiger partial charge in [-0.15, -0.1) is 0 Å². The van der Waals surface area contributed by atoms with Gasteiger partial charge < -0.3 is 0 Å². The van der Waals surface area contributed by atoms with Crippen molar-refractivity contribution in [1.82, 2.24) is 9.97 Å². The van der Waals surface area contributed by atoms with Gasteiger partial charge in [-0.3, -0.25) is 9.78 Å². The highest BCUT2D eigenvalue weighted by Gasteiger charge is 2.01. The van der Waals surface area contributed by atoms with Crippen LogP contribution in [0.4, 0.5) is 5.95 Å². The first-order valence-electron chi connectivity index (χ1n) is 6.41. The molecule has 104 valence electrons. The molecule has 2 aromatic rings. The lowest BCUT2D eigenvalue weighted by Gasteiger charge is -2.06. The molecule has 1 heterocycles. The predicted octanol–water partition coefficient (Wildman–Crippen LogP) is 2.53. The third-order valence-electron chi connectivity index (χ3n) is 3.12. The Morgan fingerprint density at radius 3 is 2.60 bits per heavy atom. The van der Waals surface area contributed by atoms with Crippen LogP contribution in [0.25, 0.3) is 0 Å². The number of nitrogens with zero attached hydrogens (tertiary/aromatic N) is 2. The molecule has 0 bridgehead atoms. The summed E-state index contributed by atoms with van der Waals surface area (Å²) in [6.07, 6.45) is 0. The SMILES string of the molecule is C/C(=N/Nc1nc(C)cc(=O)[nH]1)c1ccc(C)c(C)c1. The lowest BCUT2D eigenvalue weighted by atomic mass is 10.0. The lowest BCUT2D eigenvalue weighted by Crippen LogP contribution is -2.11. The Balaban J connectivity index is 2.22. The summed E-state index contributed by atoms with van der Waals surface area (Å²) < 4.78 is 0. The number of anilines is 1. The minimum atomic E-state index is -0.195. The Bertz CT molecular complexity index is 716. The Morgan fingerprint density at radius 2 is 1.95 bits per heavy atom. The van der Waals surface area contributed by atoms with Crippen LogP contribution in [0.2, 0.25) is 0 Å². The van der Waals surface area contributed by atoms with E-state index in [4.69, 9.17) is 0 Å². The van der Waals surface area contributed by atoms with E-state index in [9.17, 15) is 4.79 Å². The van der Waals surface area contributed by atoms with E-state index < -0.39 is 0 Å². The van der Waals surface area contributed by atoms with Crippen LogP contribution in [0, 0.1) is 20.8 Å². The number of H-pyrrole nitrogens is 1. The van der Waals surface area contributed by atoms with Crippen LogP contribution in [-0.4, -0.2) is 15.7 Å². The summed E-state index contributed by atoms with van der Waals surface area (Å²) in [4.78, 5) is 18.1. The molecule has 20 heavy (non-hydrogen) atoms. The van der Waals surface area contributed by atoms with E-state index >= 15 is 0 Å². The molecule has 2 rings (SSSR count). The highest BCUT2D eigenvalue weighted by atomic mass is 16.1. The van der Waals surface area contributed by atoms with Gasteiger partial charge in [0.15, 0.2) is 0 Å². The van der Waals surface area contributed by atoms with Crippen molar-refractivity contribution in [1.29, 1.82) is 0 Å². The van der Waals surface area contributed by atoms with Gasteiger partial charge in [0.1, 0.15) is 0 Å². The lowest BCUT2D eigenvalue weighted by molar-refractivity contribution is 1.04. The van der Waals surface area contributed by atoms with Crippen molar-refractivity contribution in [3.05, 3.63) is 57.0 Å². The third kappa shape index (κ3) is 3.32. The smallest absolute Gasteiger partial charge is 0.252 e. The Morgan fingerprint density at radius 1 is 1.20 bits per heavy atom. The first kappa shape index (κ1) is 14.0. The van der Waals surface area contributed by atoms with Crippen molar-refractivity contribution in [2.45, 2.75) is 27.7 Å². The van der Waals surface area contributed by atoms with Crippen LogP contribution in [0.5, 0.6) is 0 Å². The van der Waals surface area contributed by atoms with E-state index in [1.807, 2.05) is 13.0 Å². The molecule has 2 N–H and O–H groups in total. The molecule has 0 spiro atoms. The van der Waals surface area contributed by atoms with Crippen molar-refractivity contribution >= 4 is 11.7 Å². The zero-order chi connectivity index (χ0) is 14.7. The largest absolute Gasteiger partial charge is 0.291 e. The minimum Gasteiger partial charge on any atom is -0.291 e. The summed E-state index contributed by atoms with van der Waals surface area (Å²) in [6, 6.07) is 7.61. The number of nitrogens with one attached hydrogen (secondary N) is 2. The van der Waals surface area contributed by atoms with Gasteiger partial charge in [0.25, 0.3) is 5.56 Å². The van der Waals surface area contributed by atoms with Gasteiger partial charge >= 0.3 is 0 Å². The molecule has 0 aliphatic heterocycles. The third-order valence-corrected chi connectivity index (χ3v) is 3.12. The summed E-state index contributed by atoms with van der Waals surface area (Å²) in [5, 5.41) is 4.25. The molecular formula is C15H18N4O. The summed E-state index contributed by atoms with van der Waals surface area (Å²) >= 11 is 0. The molecule has 0 fully saturated rings. The molecule has 1 aromatic carbocycles. The summed E-state index contributed by atoms with van der Waals surface area (Å²) in [5.74, 6) is 0.346. The molecule has 0 radical (unpaired) electrons. The van der Waals surface area contributed by atoms with Crippen LogP contribution >= 0.6 is 0 Å². The van der Waals surface area contributed by atoms with Gasteiger partial charge in [0.05, 0.1) is 5.71 Å². The number of aryl methyl sites for hydroxylation is 3. The molecule has 0 atom stereocenters. The van der Waals surface area contributed by atoms with Crippen molar-refractivity contribution in [3.63, 3.8) is 0 Å². The first-order chi connectivity index (χ1) is 9.45. The van der Waals surface area contributed by atoms with E-state index in [2.05, 4.69) is 46.5 Å². The van der Waals surface area contributed by atoms with Gasteiger partial charge in [-0.05, 0) is 50.5 Å². The maximum Gasteiger partial charge on any atom is 0.252 e. The average molecular weight is 270 g/mol. The zero-order valence-corrected chi connectivity index (χ0v) is 12.1. The summed E-state index contributed by atoms with van der Waals surface area (Å²) in [6.45, 7) is 7.82. The van der Waals surface area contributed by atoms with Crippen LogP contribution < -0.4 is 11.0 Å². The van der Waals surface area contributed by atoms with E-state index in [1.165, 1.54) is 17.2 Å². The molecule has 0 saturated carbocycles. The second-order valence-electron chi connectivity index (χ2n) is 4.84. The topological polar surface area (TPSA) is 70.1 Å². The highest BCUT2D eigenvalue weighted by Crippen LogP contribution is 2.11. The number of hydrazone groups is 1. The fourth-order valence-electron chi connectivity index (χ4n) is 1.80. The maximum absolute atomic E-state index is 11.3. The standard InChI is InChI=1S/C15H18N4O/c1-9-5-6-13(7-10(9)2)12(4)18-19-15-16-11(3)8-14(20)17-15/h5-8H,1-4H3,(H2,16,17,19,20)/b18-12-. The molecular weight excluding hydrogens is 252 g/mol. The second-order valence-corrected chi connectivity index (χ2v) is 4.84. The van der Waals surface area contributed by atoms with E-state index in [0.717, 1.165) is 11.3 Å². The minimum absolute atomic E-state index is 0.195. The maximum atomic E-state index is 11.3. The monoisotopic (exact) mass is 270 g/mol. The van der Waals surface area contributed by atoms with Crippen LogP contribution in [-0.2, 0) is 0 Å². The van der Waals surface area contributed by atoms with Crippen LogP contribution in [0.1, 0.15) is 29.3 Å². The fourth-order valence-corrected chi connectivity index (χ4v) is 1.80. The predicted molar refractivity (Wildman–Crippen MR) is 81.3 cm³/mol. The van der Waals surface area contributed by atoms with Crippen molar-refractivity contribution in [3.8, 4) is 0 Å². The summed E-state index contributed by atoms with van der Waals surface area (Å²) in [7, 11) is 0. The first-order valence-corrected chi connectivity index (χ1v) is 6.41. The van der Waals surface area contributed by atoms with Crippen molar-refractivity contribution in [2.75, 3.05) is 5.43 Å². The number of benzene rings is 1. The van der Waals surface area contributed by atoms with E-state index in [0.29, 0.717) is 11.6 Å². The van der Waals surface area contributed by atoms with Crippen LogP contribution in [0.15, 0.2) is 34.2 Å². The van der Waals surface area contributed by atoms with Gasteiger partial charge in [0.2, 0.25) is 5.95 Å². The number of aromatic nitrogens is 2. The molecule has 0 aliphatic rings. The normalized spacial score (nSPS) is 11.5. The number of hydrogen-bond acceptors (Lipinski definition) is 4. The second kappa shape index (κ2) is 5.69. The van der Waals surface area contributed by atoms with E-state index in [1.54, 1.807) is 6.92 Å². The highest BCUT2D eigenvalue weighted by molar-refractivity contribution is 5.99. The van der Waals surface area contributed by atoms with Gasteiger partial charge in [-0.25, -0.2) is 10.4 Å². The Hall–Kier alpha value is -2.43. The number of rotatable bonds is 3. The average Bonchev–Trinajstić information content (AvgIpc) is 2.38.